The van der Waals surface area contributed by atoms with E-state index < -0.39 is 6.09 Å². The molecule has 1 amide bonds. The van der Waals surface area contributed by atoms with Gasteiger partial charge >= 0.3 is 6.09 Å². The average Bonchev–Trinajstić information content (AvgIpc) is 2.25. The molecule has 0 bridgehead atoms. The second-order valence-corrected chi connectivity index (χ2v) is 2.71. The topological polar surface area (TPSA) is 84.9 Å². The quantitative estimate of drug-likeness (QED) is 0.411. The van der Waals surface area contributed by atoms with E-state index in [1.54, 1.807) is 0 Å². The molecular formula is C9H17NO5. The Morgan fingerprint density at radius 2 is 2.13 bits per heavy atom. The van der Waals surface area contributed by atoms with Gasteiger partial charge < -0.3 is 24.7 Å². The fraction of sp³-hybridized carbons (Fsp3) is 0.778. The number of amides is 1. The lowest BCUT2D eigenvalue weighted by Gasteiger charge is -2.06. The van der Waals surface area contributed by atoms with Crippen LogP contribution in [0.5, 0.6) is 0 Å². The molecule has 0 aliphatic heterocycles. The Morgan fingerprint density at radius 3 is 2.80 bits per heavy atom. The lowest BCUT2D eigenvalue weighted by molar-refractivity contribution is -0.108. The van der Waals surface area contributed by atoms with Gasteiger partial charge in [0.1, 0.15) is 12.9 Å². The number of aliphatic hydroxyl groups is 1. The van der Waals surface area contributed by atoms with Crippen molar-refractivity contribution in [2.75, 3.05) is 33.0 Å². The smallest absolute Gasteiger partial charge is 0.407 e. The van der Waals surface area contributed by atoms with E-state index in [1.807, 2.05) is 0 Å². The Balaban J connectivity index is 3.09. The van der Waals surface area contributed by atoms with Crippen molar-refractivity contribution in [3.63, 3.8) is 0 Å². The highest BCUT2D eigenvalue weighted by Gasteiger charge is 1.99. The van der Waals surface area contributed by atoms with Gasteiger partial charge in [-0.15, -0.1) is 0 Å². The number of hydrogen-bond acceptors (Lipinski definition) is 5. The van der Waals surface area contributed by atoms with E-state index in [9.17, 15) is 9.59 Å². The van der Waals surface area contributed by atoms with Crippen molar-refractivity contribution in [1.82, 2.24) is 5.32 Å². The van der Waals surface area contributed by atoms with Crippen LogP contribution in [-0.2, 0) is 14.3 Å². The molecule has 0 aromatic carbocycles. The monoisotopic (exact) mass is 219 g/mol. The number of nitrogens with one attached hydrogen (secondary N) is 1. The summed E-state index contributed by atoms with van der Waals surface area (Å²) in [5.41, 5.74) is 0. The summed E-state index contributed by atoms with van der Waals surface area (Å²) in [6.45, 7) is 1.05. The van der Waals surface area contributed by atoms with Crippen LogP contribution in [-0.4, -0.2) is 50.5 Å². The van der Waals surface area contributed by atoms with E-state index in [0.717, 1.165) is 6.29 Å². The minimum atomic E-state index is -0.569. The van der Waals surface area contributed by atoms with Crippen LogP contribution >= 0.6 is 0 Å². The molecule has 0 saturated carbocycles. The highest BCUT2D eigenvalue weighted by Crippen LogP contribution is 1.85. The van der Waals surface area contributed by atoms with E-state index in [2.05, 4.69) is 10.1 Å². The molecule has 0 aromatic rings. The molecule has 0 unspecified atom stereocenters. The Morgan fingerprint density at radius 1 is 1.33 bits per heavy atom. The van der Waals surface area contributed by atoms with Crippen LogP contribution in [0, 0.1) is 0 Å². The number of aldehydes is 1. The maximum absolute atomic E-state index is 10.8. The minimum absolute atomic E-state index is 0.00791. The Bertz CT molecular complexity index is 174. The number of ether oxygens (including phenoxy) is 2. The number of carbonyl (C=O) groups is 2. The molecular weight excluding hydrogens is 202 g/mol. The van der Waals surface area contributed by atoms with Crippen molar-refractivity contribution < 1.29 is 24.2 Å². The highest BCUT2D eigenvalue weighted by molar-refractivity contribution is 5.66. The Hall–Kier alpha value is -1.14. The van der Waals surface area contributed by atoms with Crippen LogP contribution in [0.1, 0.15) is 12.8 Å². The van der Waals surface area contributed by atoms with E-state index in [1.165, 1.54) is 0 Å². The van der Waals surface area contributed by atoms with Crippen LogP contribution in [0.25, 0.3) is 0 Å². The van der Waals surface area contributed by atoms with Crippen molar-refractivity contribution in [2.45, 2.75) is 12.8 Å². The molecule has 0 rings (SSSR count). The first-order valence-corrected chi connectivity index (χ1v) is 4.84. The minimum Gasteiger partial charge on any atom is -0.447 e. The van der Waals surface area contributed by atoms with Gasteiger partial charge in [-0.3, -0.25) is 0 Å². The van der Waals surface area contributed by atoms with Gasteiger partial charge in [0.15, 0.2) is 0 Å². The summed E-state index contributed by atoms with van der Waals surface area (Å²) < 4.78 is 9.65. The van der Waals surface area contributed by atoms with Crippen LogP contribution in [0.15, 0.2) is 0 Å². The second kappa shape index (κ2) is 10.9. The molecule has 15 heavy (non-hydrogen) atoms. The maximum atomic E-state index is 10.8. The number of rotatable bonds is 9. The van der Waals surface area contributed by atoms with E-state index >= 15 is 0 Å². The van der Waals surface area contributed by atoms with Crippen LogP contribution < -0.4 is 5.32 Å². The number of unbranched alkanes of at least 4 members (excludes halogenated alkanes) is 1. The average molecular weight is 219 g/mol. The van der Waals surface area contributed by atoms with Crippen LogP contribution in [0.2, 0.25) is 0 Å². The lowest BCUT2D eigenvalue weighted by atomic mass is 10.3. The molecule has 0 heterocycles. The first-order chi connectivity index (χ1) is 7.31. The third kappa shape index (κ3) is 10.8. The van der Waals surface area contributed by atoms with Crippen molar-refractivity contribution in [2.24, 2.45) is 0 Å². The molecule has 0 atom stereocenters. The standard InChI is InChI=1S/C9H17NO5/c11-4-1-2-6-14-7-3-10-9(13)15-8-5-12/h4,12H,1-3,5-8H2,(H,10,13). The number of alkyl carbamates (subject to hydrolysis) is 1. The van der Waals surface area contributed by atoms with Crippen molar-refractivity contribution in [3.05, 3.63) is 0 Å². The predicted octanol–water partition coefficient (Wildman–Crippen LogP) is -0.299. The van der Waals surface area contributed by atoms with Crippen molar-refractivity contribution in [1.29, 1.82) is 0 Å². The normalized spacial score (nSPS) is 9.67. The zero-order valence-corrected chi connectivity index (χ0v) is 8.61. The summed E-state index contributed by atoms with van der Waals surface area (Å²) in [6, 6.07) is 0. The number of carbonyl (C=O) groups excluding carboxylic acids is 2. The van der Waals surface area contributed by atoms with E-state index in [0.29, 0.717) is 32.6 Å². The van der Waals surface area contributed by atoms with Gasteiger partial charge in [0, 0.05) is 19.6 Å². The molecule has 0 aromatic heterocycles. The van der Waals surface area contributed by atoms with E-state index in [-0.39, 0.29) is 13.2 Å². The first-order valence-electron chi connectivity index (χ1n) is 4.84. The molecule has 2 N–H and O–H groups in total. The van der Waals surface area contributed by atoms with Crippen LogP contribution in [0.4, 0.5) is 4.79 Å². The summed E-state index contributed by atoms with van der Waals surface area (Å²) in [4.78, 5) is 20.7. The fourth-order valence-electron chi connectivity index (χ4n) is 0.785. The molecule has 88 valence electrons. The van der Waals surface area contributed by atoms with Gasteiger partial charge in [0.25, 0.3) is 0 Å². The predicted molar refractivity (Wildman–Crippen MR) is 52.6 cm³/mol. The summed E-state index contributed by atoms with van der Waals surface area (Å²) in [5, 5.41) is 10.8. The SMILES string of the molecule is O=CCCCOCCNC(=O)OCCO. The Labute approximate surface area is 88.6 Å². The summed E-state index contributed by atoms with van der Waals surface area (Å²) in [5.74, 6) is 0. The molecule has 0 radical (unpaired) electrons. The van der Waals surface area contributed by atoms with Gasteiger partial charge in [0.2, 0.25) is 0 Å². The molecule has 0 aliphatic carbocycles. The summed E-state index contributed by atoms with van der Waals surface area (Å²) in [6.07, 6.45) is 1.46. The first kappa shape index (κ1) is 13.9. The summed E-state index contributed by atoms with van der Waals surface area (Å²) >= 11 is 0. The lowest BCUT2D eigenvalue weighted by Crippen LogP contribution is -2.28. The van der Waals surface area contributed by atoms with Gasteiger partial charge in [-0.25, -0.2) is 4.79 Å². The molecule has 0 spiro atoms. The number of hydrogen-bond donors (Lipinski definition) is 2. The van der Waals surface area contributed by atoms with Crippen molar-refractivity contribution >= 4 is 12.4 Å². The summed E-state index contributed by atoms with van der Waals surface area (Å²) in [7, 11) is 0. The molecule has 6 nitrogen and oxygen atoms in total. The Kier molecular flexibility index (Phi) is 10.1. The zero-order valence-electron chi connectivity index (χ0n) is 8.61. The molecule has 0 aliphatic rings. The van der Waals surface area contributed by atoms with E-state index in [4.69, 9.17) is 9.84 Å². The maximum Gasteiger partial charge on any atom is 0.407 e. The van der Waals surface area contributed by atoms with Gasteiger partial charge in [-0.2, -0.15) is 0 Å². The largest absolute Gasteiger partial charge is 0.447 e. The van der Waals surface area contributed by atoms with Gasteiger partial charge in [0.05, 0.1) is 13.2 Å². The van der Waals surface area contributed by atoms with Gasteiger partial charge in [-0.05, 0) is 6.42 Å². The number of aliphatic hydroxyl groups excluding tert-OH is 1. The third-order valence-electron chi connectivity index (χ3n) is 1.45. The third-order valence-corrected chi connectivity index (χ3v) is 1.45. The van der Waals surface area contributed by atoms with Crippen molar-refractivity contribution in [3.8, 4) is 0 Å². The fourth-order valence-corrected chi connectivity index (χ4v) is 0.785. The molecule has 0 saturated heterocycles. The molecule has 6 heteroatoms. The molecule has 0 fully saturated rings. The van der Waals surface area contributed by atoms with Gasteiger partial charge in [-0.1, -0.05) is 0 Å². The highest BCUT2D eigenvalue weighted by atomic mass is 16.6. The zero-order chi connectivity index (χ0) is 11.4. The second-order valence-electron chi connectivity index (χ2n) is 2.71. The van der Waals surface area contributed by atoms with Crippen LogP contribution in [0.3, 0.4) is 0 Å².